The summed E-state index contributed by atoms with van der Waals surface area (Å²) in [6.45, 7) is 2.82. The van der Waals surface area contributed by atoms with E-state index in [1.54, 1.807) is 0 Å². The van der Waals surface area contributed by atoms with Gasteiger partial charge in [0.05, 0.1) is 0 Å². The van der Waals surface area contributed by atoms with Crippen LogP contribution in [0.2, 0.25) is 0 Å². The molecule has 1 fully saturated rings. The van der Waals surface area contributed by atoms with Crippen LogP contribution in [-0.2, 0) is 6.54 Å². The number of rotatable bonds is 5. The fraction of sp³-hybridized carbons (Fsp3) is 0.333. The maximum absolute atomic E-state index is 5.61. The molecule has 4 nitrogen and oxygen atoms in total. The van der Waals surface area contributed by atoms with Crippen molar-refractivity contribution in [1.82, 2.24) is 15.3 Å². The van der Waals surface area contributed by atoms with Gasteiger partial charge < -0.3 is 10.1 Å². The average Bonchev–Trinajstić information content (AvgIpc) is 3.23. The molecule has 2 aromatic rings. The Morgan fingerprint density at radius 2 is 2.05 bits per heavy atom. The van der Waals surface area contributed by atoms with Gasteiger partial charge in [0.15, 0.2) is 0 Å². The molecule has 1 aliphatic rings. The Morgan fingerprint density at radius 1 is 1.26 bits per heavy atom. The highest BCUT2D eigenvalue weighted by Crippen LogP contribution is 2.21. The fourth-order valence-electron chi connectivity index (χ4n) is 1.83. The lowest BCUT2D eigenvalue weighted by Gasteiger charge is -2.08. The second-order valence-electron chi connectivity index (χ2n) is 4.83. The van der Waals surface area contributed by atoms with Crippen molar-refractivity contribution in [3.63, 3.8) is 0 Å². The summed E-state index contributed by atoms with van der Waals surface area (Å²) in [6.07, 6.45) is 4.42. The predicted octanol–water partition coefficient (Wildman–Crippen LogP) is 2.83. The smallest absolute Gasteiger partial charge is 0.322 e. The van der Waals surface area contributed by atoms with E-state index in [4.69, 9.17) is 4.74 Å². The maximum atomic E-state index is 5.61. The first-order valence-corrected chi connectivity index (χ1v) is 6.60. The van der Waals surface area contributed by atoms with Gasteiger partial charge in [-0.1, -0.05) is 18.2 Å². The molecule has 0 unspecified atom stereocenters. The number of hydrogen-bond donors (Lipinski definition) is 1. The second-order valence-corrected chi connectivity index (χ2v) is 4.83. The summed E-state index contributed by atoms with van der Waals surface area (Å²) >= 11 is 0. The molecule has 98 valence electrons. The van der Waals surface area contributed by atoms with E-state index >= 15 is 0 Å². The third-order valence-corrected chi connectivity index (χ3v) is 3.17. The number of aromatic nitrogens is 2. The zero-order chi connectivity index (χ0) is 13.1. The number of ether oxygens (including phenoxy) is 1. The topological polar surface area (TPSA) is 47.0 Å². The lowest BCUT2D eigenvalue weighted by molar-refractivity contribution is 0.439. The van der Waals surface area contributed by atoms with Crippen molar-refractivity contribution in [3.8, 4) is 11.8 Å². The van der Waals surface area contributed by atoms with Gasteiger partial charge in [0, 0.05) is 30.0 Å². The molecule has 1 N–H and O–H groups in total. The average molecular weight is 255 g/mol. The first-order valence-electron chi connectivity index (χ1n) is 6.60. The van der Waals surface area contributed by atoms with E-state index in [9.17, 15) is 0 Å². The van der Waals surface area contributed by atoms with Crippen LogP contribution < -0.4 is 10.1 Å². The van der Waals surface area contributed by atoms with Gasteiger partial charge in [-0.2, -0.15) is 4.98 Å². The van der Waals surface area contributed by atoms with Crippen molar-refractivity contribution < 1.29 is 4.74 Å². The van der Waals surface area contributed by atoms with Gasteiger partial charge in [0.2, 0.25) is 0 Å². The van der Waals surface area contributed by atoms with Crippen molar-refractivity contribution >= 4 is 0 Å². The zero-order valence-corrected chi connectivity index (χ0v) is 11.0. The molecule has 19 heavy (non-hydrogen) atoms. The quantitative estimate of drug-likeness (QED) is 0.892. The molecule has 0 atom stereocenters. The van der Waals surface area contributed by atoms with Gasteiger partial charge in [0.1, 0.15) is 5.75 Å². The minimum Gasteiger partial charge on any atom is -0.424 e. The van der Waals surface area contributed by atoms with E-state index in [2.05, 4.69) is 15.3 Å². The number of benzene rings is 1. The van der Waals surface area contributed by atoms with Gasteiger partial charge in [0.25, 0.3) is 0 Å². The Labute approximate surface area is 112 Å². The second kappa shape index (κ2) is 5.36. The summed E-state index contributed by atoms with van der Waals surface area (Å²) in [6, 6.07) is 10.7. The maximum Gasteiger partial charge on any atom is 0.322 e. The van der Waals surface area contributed by atoms with Crippen LogP contribution in [0.1, 0.15) is 24.1 Å². The normalized spacial score (nSPS) is 14.4. The van der Waals surface area contributed by atoms with Crippen LogP contribution in [0.4, 0.5) is 0 Å². The molecule has 1 saturated carbocycles. The van der Waals surface area contributed by atoms with Crippen molar-refractivity contribution in [1.29, 1.82) is 0 Å². The highest BCUT2D eigenvalue weighted by atomic mass is 16.5. The summed E-state index contributed by atoms with van der Waals surface area (Å²) in [5.41, 5.74) is 2.10. The van der Waals surface area contributed by atoms with Gasteiger partial charge in [-0.15, -0.1) is 0 Å². The molecule has 1 aliphatic carbocycles. The lowest BCUT2D eigenvalue weighted by Crippen LogP contribution is -2.16. The highest BCUT2D eigenvalue weighted by Gasteiger charge is 2.20. The summed E-state index contributed by atoms with van der Waals surface area (Å²) in [4.78, 5) is 8.65. The summed E-state index contributed by atoms with van der Waals surface area (Å²) in [7, 11) is 0. The SMILES string of the molecule is Cc1nc(Oc2ccccc2)ncc1CNC1CC1. The molecule has 0 spiro atoms. The van der Waals surface area contributed by atoms with E-state index in [0.29, 0.717) is 12.1 Å². The molecule has 0 bridgehead atoms. The van der Waals surface area contributed by atoms with Crippen LogP contribution in [0.25, 0.3) is 0 Å². The van der Waals surface area contributed by atoms with E-state index in [0.717, 1.165) is 23.6 Å². The van der Waals surface area contributed by atoms with E-state index in [1.165, 1.54) is 12.8 Å². The largest absolute Gasteiger partial charge is 0.424 e. The van der Waals surface area contributed by atoms with Crippen LogP contribution in [0.5, 0.6) is 11.8 Å². The molecule has 1 aromatic heterocycles. The number of para-hydroxylation sites is 1. The third kappa shape index (κ3) is 3.29. The van der Waals surface area contributed by atoms with Crippen LogP contribution in [0.3, 0.4) is 0 Å². The van der Waals surface area contributed by atoms with Gasteiger partial charge in [-0.3, -0.25) is 0 Å². The molecule has 3 rings (SSSR count). The number of hydrogen-bond acceptors (Lipinski definition) is 4. The van der Waals surface area contributed by atoms with Crippen molar-refractivity contribution in [3.05, 3.63) is 47.8 Å². The van der Waals surface area contributed by atoms with Crippen LogP contribution in [0.15, 0.2) is 36.5 Å². The minimum absolute atomic E-state index is 0.402. The predicted molar refractivity (Wildman–Crippen MR) is 73.1 cm³/mol. The van der Waals surface area contributed by atoms with Gasteiger partial charge in [-0.05, 0) is 31.9 Å². The molecule has 0 saturated heterocycles. The van der Waals surface area contributed by atoms with E-state index < -0.39 is 0 Å². The van der Waals surface area contributed by atoms with Crippen LogP contribution >= 0.6 is 0 Å². The van der Waals surface area contributed by atoms with Gasteiger partial charge in [-0.25, -0.2) is 4.98 Å². The third-order valence-electron chi connectivity index (χ3n) is 3.17. The summed E-state index contributed by atoms with van der Waals surface area (Å²) in [5, 5.41) is 3.46. The van der Waals surface area contributed by atoms with Crippen LogP contribution in [-0.4, -0.2) is 16.0 Å². The van der Waals surface area contributed by atoms with Crippen molar-refractivity contribution in [2.45, 2.75) is 32.4 Å². The Kier molecular flexibility index (Phi) is 3.42. The molecular formula is C15H17N3O. The van der Waals surface area contributed by atoms with E-state index in [1.807, 2.05) is 43.5 Å². The highest BCUT2D eigenvalue weighted by molar-refractivity contribution is 5.25. The van der Waals surface area contributed by atoms with Crippen molar-refractivity contribution in [2.75, 3.05) is 0 Å². The Morgan fingerprint density at radius 3 is 2.74 bits per heavy atom. The lowest BCUT2D eigenvalue weighted by atomic mass is 10.2. The first kappa shape index (κ1) is 12.1. The Bertz CT molecular complexity index is 553. The standard InChI is InChI=1S/C15H17N3O/c1-11-12(9-16-13-7-8-13)10-17-15(18-11)19-14-5-3-2-4-6-14/h2-6,10,13,16H,7-9H2,1H3. The minimum atomic E-state index is 0.402. The van der Waals surface area contributed by atoms with Gasteiger partial charge >= 0.3 is 6.01 Å². The Balaban J connectivity index is 1.67. The van der Waals surface area contributed by atoms with E-state index in [-0.39, 0.29) is 0 Å². The molecule has 0 radical (unpaired) electrons. The fourth-order valence-corrected chi connectivity index (χ4v) is 1.83. The van der Waals surface area contributed by atoms with Crippen LogP contribution in [0, 0.1) is 6.92 Å². The molecule has 1 heterocycles. The molecule has 0 amide bonds. The summed E-state index contributed by atoms with van der Waals surface area (Å²) < 4.78 is 5.61. The molecule has 0 aliphatic heterocycles. The first-order chi connectivity index (χ1) is 9.31. The number of aryl methyl sites for hydroxylation is 1. The number of nitrogens with zero attached hydrogens (tertiary/aromatic N) is 2. The molecule has 4 heteroatoms. The molecule has 1 aromatic carbocycles. The Hall–Kier alpha value is -1.94. The molecular weight excluding hydrogens is 238 g/mol. The van der Waals surface area contributed by atoms with Crippen molar-refractivity contribution in [2.24, 2.45) is 0 Å². The zero-order valence-electron chi connectivity index (χ0n) is 11.0. The summed E-state index contributed by atoms with van der Waals surface area (Å²) in [5.74, 6) is 0.755. The monoisotopic (exact) mass is 255 g/mol. The number of nitrogens with one attached hydrogen (secondary N) is 1.